The van der Waals surface area contributed by atoms with Gasteiger partial charge >= 0.3 is 60.3 Å². The van der Waals surface area contributed by atoms with E-state index in [1.165, 1.54) is 9.80 Å². The molecule has 3 aliphatic rings. The molecule has 0 atom stereocenters. The molecule has 13 N–H and O–H groups in total. The third-order valence-electron chi connectivity index (χ3n) is 16.6. The molecule has 43 heteroatoms. The van der Waals surface area contributed by atoms with Crippen LogP contribution in [0.15, 0.2) is 30.3 Å². The lowest BCUT2D eigenvalue weighted by Crippen LogP contribution is -2.44. The fourth-order valence-electron chi connectivity index (χ4n) is 10.7. The lowest BCUT2D eigenvalue weighted by atomic mass is 10.2. The summed E-state index contributed by atoms with van der Waals surface area (Å²) in [5, 5.41) is 39.2. The number of rotatable bonds is 50. The Labute approximate surface area is 758 Å². The number of hydrogen-bond acceptors (Lipinski definition) is 32. The first-order chi connectivity index (χ1) is 60.6. The van der Waals surface area contributed by atoms with Crippen LogP contribution in [0.25, 0.3) is 0 Å². The van der Waals surface area contributed by atoms with Gasteiger partial charge in [0.2, 0.25) is 23.6 Å². The molecule has 3 heterocycles. The van der Waals surface area contributed by atoms with E-state index in [0.29, 0.717) is 80.7 Å². The number of para-hydroxylation sites is 1. The molecule has 736 valence electrons. The van der Waals surface area contributed by atoms with Crippen molar-refractivity contribution in [2.24, 2.45) is 11.5 Å². The number of carboxylic acids is 2. The zero-order valence-corrected chi connectivity index (χ0v) is 78.6. The minimum Gasteiger partial charge on any atom is -0.481 e. The molecule has 4 rings (SSSR count). The van der Waals surface area contributed by atoms with E-state index in [-0.39, 0.29) is 197 Å². The second-order valence-corrected chi connectivity index (χ2v) is 33.3. The average Bonchev–Trinajstić information content (AvgIpc) is 1.73. The number of amides is 11. The molecule has 3 aliphatic heterocycles. The number of carboxylic acid groups (broad SMARTS) is 2. The first-order valence-electron chi connectivity index (χ1n) is 44.1. The van der Waals surface area contributed by atoms with E-state index >= 15 is 0 Å². The summed E-state index contributed by atoms with van der Waals surface area (Å²) in [6.45, 7) is 38.6. The van der Waals surface area contributed by atoms with Crippen molar-refractivity contribution < 1.29 is 135 Å². The van der Waals surface area contributed by atoms with Crippen LogP contribution < -0.4 is 53.4 Å². The fourth-order valence-corrected chi connectivity index (χ4v) is 10.7. The van der Waals surface area contributed by atoms with Gasteiger partial charge in [-0.2, -0.15) is 0 Å². The molecule has 0 aliphatic carbocycles. The number of carbonyl (C=O) groups is 18. The maximum absolute atomic E-state index is 13.2. The molecule has 3 saturated heterocycles. The number of hydrogen-bond donors (Lipinski definition) is 11. The molecule has 1 aromatic carbocycles. The Hall–Kier alpha value is -10.8. The molecule has 0 aromatic heterocycles. The number of nitrogens with zero attached hydrogens (tertiary/aromatic N) is 6. The molecule has 43 nitrogen and oxygen atoms in total. The van der Waals surface area contributed by atoms with Gasteiger partial charge in [-0.15, -0.1) is 10.1 Å². The molecule has 3 fully saturated rings. The third kappa shape index (κ3) is 69.0. The third-order valence-corrected chi connectivity index (χ3v) is 16.6. The number of cyclic esters (lactones) is 2. The quantitative estimate of drug-likeness (QED) is 0.00938. The van der Waals surface area contributed by atoms with Crippen LogP contribution in [0.5, 0.6) is 5.75 Å². The lowest BCUT2D eigenvalue weighted by molar-refractivity contribution is -0.197. The van der Waals surface area contributed by atoms with Crippen molar-refractivity contribution in [2.45, 2.75) is 268 Å². The van der Waals surface area contributed by atoms with Crippen LogP contribution in [0.2, 0.25) is 0 Å². The van der Waals surface area contributed by atoms with Gasteiger partial charge in [-0.1, -0.05) is 39.0 Å². The smallest absolute Gasteiger partial charge is 0.481 e. The highest BCUT2D eigenvalue weighted by Gasteiger charge is 2.35. The normalized spacial score (nSPS) is 12.9. The Balaban J connectivity index is 0. The molecule has 0 radical (unpaired) electrons. The SMILES string of the molecule is CC(C)(C)OC(=O)Oc1ccccc1.CCCN(CCN(CCNC(=O)OC(C)(C)C)C(=O)CCCC(=O)O)C(=O)CCCC(=O)O.CCCN(CCN(CCNC(=O)OC(C)(C)C)C(=O)CCCC(=O)ON1C(=O)CCC1=O)C(=O)CCCC(=O)ON1C(=O)CCC1=O.CCCNCCNCCNC(=O)OC(C)(C)C.NCCNCCNCCN.O=C1CCCC(=O)O1. The Morgan fingerprint density at radius 3 is 0.969 bits per heavy atom. The highest BCUT2D eigenvalue weighted by molar-refractivity contribution is 6.02. The summed E-state index contributed by atoms with van der Waals surface area (Å²) in [5.74, 6) is -7.36. The second-order valence-electron chi connectivity index (χ2n) is 33.3. The zero-order valence-electron chi connectivity index (χ0n) is 78.6. The van der Waals surface area contributed by atoms with E-state index in [9.17, 15) is 86.3 Å². The van der Waals surface area contributed by atoms with Crippen LogP contribution in [0.3, 0.4) is 0 Å². The minimum atomic E-state index is -0.984. The van der Waals surface area contributed by atoms with E-state index in [1.54, 1.807) is 96.4 Å². The molecule has 0 saturated carbocycles. The van der Waals surface area contributed by atoms with E-state index in [4.69, 9.17) is 55.0 Å². The zero-order chi connectivity index (χ0) is 98.0. The lowest BCUT2D eigenvalue weighted by Gasteiger charge is -2.28. The van der Waals surface area contributed by atoms with Gasteiger partial charge in [-0.3, -0.25) is 57.5 Å². The maximum Gasteiger partial charge on any atom is 0.514 e. The number of nitrogens with one attached hydrogen (secondary N) is 7. The summed E-state index contributed by atoms with van der Waals surface area (Å²) >= 11 is 0. The van der Waals surface area contributed by atoms with Crippen molar-refractivity contribution in [1.82, 2.24) is 66.9 Å². The molecule has 0 unspecified atom stereocenters. The number of esters is 2. The van der Waals surface area contributed by atoms with Crippen molar-refractivity contribution in [1.29, 1.82) is 0 Å². The first-order valence-corrected chi connectivity index (χ1v) is 44.1. The van der Waals surface area contributed by atoms with E-state index in [0.717, 1.165) is 58.8 Å². The van der Waals surface area contributed by atoms with Gasteiger partial charge in [0.15, 0.2) is 0 Å². The van der Waals surface area contributed by atoms with Gasteiger partial charge in [0.05, 0.1) is 0 Å². The number of carbonyl (C=O) groups excluding carboxylic acids is 16. The Bertz CT molecular complexity index is 3510. The minimum absolute atomic E-state index is 0.0186. The van der Waals surface area contributed by atoms with Crippen LogP contribution in [0.1, 0.15) is 245 Å². The molecule has 1 aromatic rings. The fraction of sp³-hybridized carbons (Fsp3) is 0.721. The topological polar surface area (TPSA) is 577 Å². The van der Waals surface area contributed by atoms with Gasteiger partial charge in [0.25, 0.3) is 23.6 Å². The van der Waals surface area contributed by atoms with Gasteiger partial charge < -0.3 is 117 Å². The van der Waals surface area contributed by atoms with E-state index < -0.39 is 88.3 Å². The van der Waals surface area contributed by atoms with Gasteiger partial charge in [-0.05, 0) is 153 Å². The highest BCUT2D eigenvalue weighted by Crippen LogP contribution is 2.19. The summed E-state index contributed by atoms with van der Waals surface area (Å²) in [7, 11) is 0. The Morgan fingerprint density at radius 1 is 0.372 bits per heavy atom. The molecule has 0 spiro atoms. The van der Waals surface area contributed by atoms with E-state index in [1.807, 2.05) is 40.7 Å². The van der Waals surface area contributed by atoms with Crippen LogP contribution in [-0.4, -0.2) is 307 Å². The summed E-state index contributed by atoms with van der Waals surface area (Å²) < 4.78 is 29.6. The molecular formula is C86H149N15O28. The summed E-state index contributed by atoms with van der Waals surface area (Å²) in [4.78, 5) is 226. The predicted molar refractivity (Wildman–Crippen MR) is 473 cm³/mol. The molecular weight excluding hydrogens is 1690 g/mol. The molecule has 0 bridgehead atoms. The van der Waals surface area contributed by atoms with Crippen molar-refractivity contribution >= 4 is 108 Å². The second kappa shape index (κ2) is 69.3. The van der Waals surface area contributed by atoms with Crippen LogP contribution >= 0.6 is 0 Å². The monoisotopic (exact) mass is 1840 g/mol. The number of nitrogens with two attached hydrogens (primary N) is 2. The van der Waals surface area contributed by atoms with Crippen LogP contribution in [0.4, 0.5) is 19.2 Å². The first kappa shape index (κ1) is 120. The maximum atomic E-state index is 13.2. The number of benzene rings is 1. The molecule has 129 heavy (non-hydrogen) atoms. The number of aliphatic carboxylic acids is 2. The number of imide groups is 2. The van der Waals surface area contributed by atoms with Gasteiger partial charge in [0, 0.05) is 221 Å². The highest BCUT2D eigenvalue weighted by atomic mass is 16.7. The van der Waals surface area contributed by atoms with Crippen molar-refractivity contribution in [3.8, 4) is 5.75 Å². The van der Waals surface area contributed by atoms with Crippen LogP contribution in [-0.2, 0) is 100 Å². The summed E-state index contributed by atoms with van der Waals surface area (Å²) in [6.07, 6.45) is 1.50. The predicted octanol–water partition coefficient (Wildman–Crippen LogP) is 5.65. The van der Waals surface area contributed by atoms with Crippen molar-refractivity contribution in [2.75, 3.05) is 137 Å². The molecule has 11 amide bonds. The average molecular weight is 1840 g/mol. The number of ether oxygens (including phenoxy) is 6. The van der Waals surface area contributed by atoms with Gasteiger partial charge in [-0.25, -0.2) is 28.8 Å². The Kier molecular flexibility index (Phi) is 64.6. The van der Waals surface area contributed by atoms with E-state index in [2.05, 4.69) is 48.9 Å². The van der Waals surface area contributed by atoms with Crippen molar-refractivity contribution in [3.05, 3.63) is 30.3 Å². The Morgan fingerprint density at radius 2 is 0.674 bits per heavy atom. The largest absolute Gasteiger partial charge is 0.514 e. The van der Waals surface area contributed by atoms with Crippen LogP contribution in [0, 0.1) is 0 Å². The van der Waals surface area contributed by atoms with Gasteiger partial charge in [0.1, 0.15) is 28.2 Å². The van der Waals surface area contributed by atoms with Crippen molar-refractivity contribution in [3.63, 3.8) is 0 Å². The summed E-state index contributed by atoms with van der Waals surface area (Å²) in [6, 6.07) is 8.83. The summed E-state index contributed by atoms with van der Waals surface area (Å²) in [5.41, 5.74) is 8.20. The number of alkyl carbamates (subject to hydrolysis) is 3. The number of hydroxylamine groups is 4. The standard InChI is InChI=1S/C30H45N5O12.C22H39N3O8.C12H27N3O2.C11H14O3.C6H18N4.C5H6O3/c1-5-17-32(21(36)8-6-10-27(42)46-34-23(38)12-13-24(34)39)19-20-33(18-16-31-29(44)45-30(2,3)4)22(37)9-7-11-28(43)47-35-25(40)14-15-26(35)41;1-5-13-24(17(26)8-6-10-19(28)29)15-16-25(18(27)9-7-11-20(30)31)14-12-23-21(32)33-22(2,3)4;1-5-6-13-7-8-14-9-10-15-11(16)17-12(2,3)4;1-11(2,3)14-10(12)13-9-7-5-4-6-8-9;7-1-3-9-5-6-10-4-2-8;6-4-2-1-3-5(7)8-4/h5-20H2,1-4H3,(H,31,44);5-16H2,1-4H3,(H,23,32)(H,28,29)(H,30,31);13-14H,5-10H2,1-4H3,(H,15,16);4-8H,1-3H3;9-10H,1-8H2;1-3H2.